The number of anilines is 1. The number of halogens is 3. The number of hydrogen-bond acceptors (Lipinski definition) is 3. The van der Waals surface area contributed by atoms with Crippen LogP contribution in [0.1, 0.15) is 15.9 Å². The molecule has 0 radical (unpaired) electrons. The molecule has 0 aliphatic carbocycles. The van der Waals surface area contributed by atoms with Crippen LogP contribution < -0.4 is 11.1 Å². The molecule has 0 fully saturated rings. The van der Waals surface area contributed by atoms with Crippen molar-refractivity contribution >= 4 is 23.2 Å². The quantitative estimate of drug-likeness (QED) is 0.853. The summed E-state index contributed by atoms with van der Waals surface area (Å²) in [7, 11) is 0. The third kappa shape index (κ3) is 3.21. The first-order chi connectivity index (χ1) is 9.47. The Kier molecular flexibility index (Phi) is 4.14. The number of amides is 1. The van der Waals surface area contributed by atoms with E-state index in [2.05, 4.69) is 10.3 Å². The number of pyridine rings is 1. The van der Waals surface area contributed by atoms with Gasteiger partial charge in [-0.1, -0.05) is 17.7 Å². The van der Waals surface area contributed by atoms with Gasteiger partial charge in [0.05, 0.1) is 11.3 Å². The molecule has 0 unspecified atom stereocenters. The van der Waals surface area contributed by atoms with Crippen molar-refractivity contribution in [1.29, 1.82) is 0 Å². The van der Waals surface area contributed by atoms with Crippen LogP contribution in [0, 0.1) is 11.6 Å². The van der Waals surface area contributed by atoms with Gasteiger partial charge in [-0.2, -0.15) is 0 Å². The van der Waals surface area contributed by atoms with Crippen molar-refractivity contribution in [1.82, 2.24) is 4.98 Å². The highest BCUT2D eigenvalue weighted by atomic mass is 35.5. The second kappa shape index (κ2) is 5.83. The summed E-state index contributed by atoms with van der Waals surface area (Å²) in [4.78, 5) is 14.9. The van der Waals surface area contributed by atoms with E-state index in [9.17, 15) is 13.6 Å². The fourth-order valence-corrected chi connectivity index (χ4v) is 1.69. The van der Waals surface area contributed by atoms with Gasteiger partial charge < -0.3 is 11.1 Å². The van der Waals surface area contributed by atoms with Gasteiger partial charge in [-0.3, -0.25) is 4.79 Å². The van der Waals surface area contributed by atoms with Crippen LogP contribution in [0.3, 0.4) is 0 Å². The van der Waals surface area contributed by atoms with Gasteiger partial charge in [-0.05, 0) is 17.7 Å². The monoisotopic (exact) mass is 297 g/mol. The van der Waals surface area contributed by atoms with Crippen molar-refractivity contribution < 1.29 is 13.6 Å². The first-order valence-electron chi connectivity index (χ1n) is 5.60. The molecule has 1 aromatic carbocycles. The average molecular weight is 298 g/mol. The molecule has 2 rings (SSSR count). The van der Waals surface area contributed by atoms with Crippen LogP contribution in [0.4, 0.5) is 14.5 Å². The lowest BCUT2D eigenvalue weighted by Crippen LogP contribution is -2.14. The minimum absolute atomic E-state index is 0.0184. The van der Waals surface area contributed by atoms with E-state index < -0.39 is 17.5 Å². The predicted molar refractivity (Wildman–Crippen MR) is 71.4 cm³/mol. The van der Waals surface area contributed by atoms with Gasteiger partial charge >= 0.3 is 0 Å². The van der Waals surface area contributed by atoms with Crippen LogP contribution in [-0.4, -0.2) is 10.9 Å². The SMILES string of the molecule is NC(=O)c1cc(NCc2ccc(Cl)nc2)c(F)cc1F. The molecule has 2 aromatic rings. The molecule has 0 saturated carbocycles. The number of nitrogens with one attached hydrogen (secondary N) is 1. The van der Waals surface area contributed by atoms with Crippen LogP contribution >= 0.6 is 11.6 Å². The lowest BCUT2D eigenvalue weighted by atomic mass is 10.1. The number of nitrogens with two attached hydrogens (primary N) is 1. The van der Waals surface area contributed by atoms with E-state index in [1.165, 1.54) is 6.20 Å². The Morgan fingerprint density at radius 2 is 2.05 bits per heavy atom. The van der Waals surface area contributed by atoms with Crippen molar-refractivity contribution in [2.75, 3.05) is 5.32 Å². The number of primary amides is 1. The van der Waals surface area contributed by atoms with E-state index in [4.69, 9.17) is 17.3 Å². The molecular formula is C13H10ClF2N3O. The van der Waals surface area contributed by atoms with Gasteiger partial charge in [0.1, 0.15) is 16.8 Å². The molecule has 1 heterocycles. The Morgan fingerprint density at radius 1 is 1.30 bits per heavy atom. The van der Waals surface area contributed by atoms with Crippen LogP contribution in [0.15, 0.2) is 30.5 Å². The maximum atomic E-state index is 13.6. The van der Waals surface area contributed by atoms with Gasteiger partial charge in [0, 0.05) is 18.8 Å². The van der Waals surface area contributed by atoms with Crippen LogP contribution in [0.2, 0.25) is 5.15 Å². The highest BCUT2D eigenvalue weighted by molar-refractivity contribution is 6.29. The maximum Gasteiger partial charge on any atom is 0.251 e. The predicted octanol–water partition coefficient (Wildman–Crippen LogP) is 2.72. The number of carbonyl (C=O) groups excluding carboxylic acids is 1. The summed E-state index contributed by atoms with van der Waals surface area (Å²) in [6.45, 7) is 0.241. The largest absolute Gasteiger partial charge is 0.379 e. The minimum Gasteiger partial charge on any atom is -0.379 e. The number of carbonyl (C=O) groups is 1. The zero-order valence-electron chi connectivity index (χ0n) is 10.2. The molecule has 7 heteroatoms. The Hall–Kier alpha value is -2.21. The van der Waals surface area contributed by atoms with Crippen molar-refractivity contribution in [2.45, 2.75) is 6.54 Å². The molecule has 104 valence electrons. The number of hydrogen-bond donors (Lipinski definition) is 2. The molecule has 0 aliphatic rings. The molecule has 0 atom stereocenters. The topological polar surface area (TPSA) is 68.0 Å². The van der Waals surface area contributed by atoms with E-state index in [1.807, 2.05) is 0 Å². The molecule has 20 heavy (non-hydrogen) atoms. The molecule has 0 aliphatic heterocycles. The smallest absolute Gasteiger partial charge is 0.251 e. The summed E-state index contributed by atoms with van der Waals surface area (Å²) >= 11 is 5.64. The fourth-order valence-electron chi connectivity index (χ4n) is 1.58. The van der Waals surface area contributed by atoms with Crippen molar-refractivity contribution in [3.63, 3.8) is 0 Å². The standard InChI is InChI=1S/C13H10ClF2N3O/c14-12-2-1-7(6-19-12)5-18-11-3-8(13(17)20)9(15)4-10(11)16/h1-4,6,18H,5H2,(H2,17,20). The number of aromatic nitrogens is 1. The van der Waals surface area contributed by atoms with E-state index in [0.717, 1.165) is 11.6 Å². The summed E-state index contributed by atoms with van der Waals surface area (Å²) in [5.41, 5.74) is 5.36. The molecule has 1 amide bonds. The van der Waals surface area contributed by atoms with Gasteiger partial charge in [0.25, 0.3) is 5.91 Å². The summed E-state index contributed by atoms with van der Waals surface area (Å²) in [6, 6.07) is 4.95. The van der Waals surface area contributed by atoms with Crippen molar-refractivity contribution in [2.24, 2.45) is 5.73 Å². The second-order valence-corrected chi connectivity index (χ2v) is 4.41. The van der Waals surface area contributed by atoms with Gasteiger partial charge in [-0.15, -0.1) is 0 Å². The van der Waals surface area contributed by atoms with Gasteiger partial charge in [-0.25, -0.2) is 13.8 Å². The Morgan fingerprint density at radius 3 is 2.65 bits per heavy atom. The van der Waals surface area contributed by atoms with E-state index >= 15 is 0 Å². The molecule has 1 aromatic heterocycles. The van der Waals surface area contributed by atoms with Gasteiger partial charge in [0.2, 0.25) is 0 Å². The maximum absolute atomic E-state index is 13.6. The summed E-state index contributed by atoms with van der Waals surface area (Å²) in [5, 5.41) is 3.08. The summed E-state index contributed by atoms with van der Waals surface area (Å²) < 4.78 is 26.9. The molecule has 4 nitrogen and oxygen atoms in total. The Bertz CT molecular complexity index is 647. The second-order valence-electron chi connectivity index (χ2n) is 4.02. The molecule has 3 N–H and O–H groups in total. The third-order valence-electron chi connectivity index (χ3n) is 2.59. The van der Waals surface area contributed by atoms with Crippen LogP contribution in [0.5, 0.6) is 0 Å². The molecule has 0 bridgehead atoms. The third-order valence-corrected chi connectivity index (χ3v) is 2.82. The highest BCUT2D eigenvalue weighted by Crippen LogP contribution is 2.20. The van der Waals surface area contributed by atoms with Crippen molar-refractivity contribution in [3.8, 4) is 0 Å². The van der Waals surface area contributed by atoms with Crippen LogP contribution in [0.25, 0.3) is 0 Å². The Balaban J connectivity index is 2.18. The first kappa shape index (κ1) is 14.2. The lowest BCUT2D eigenvalue weighted by Gasteiger charge is -2.09. The average Bonchev–Trinajstić information content (AvgIpc) is 2.39. The van der Waals surface area contributed by atoms with Crippen LogP contribution in [-0.2, 0) is 6.54 Å². The normalized spacial score (nSPS) is 10.3. The van der Waals surface area contributed by atoms with E-state index in [0.29, 0.717) is 11.2 Å². The fraction of sp³-hybridized carbons (Fsp3) is 0.0769. The summed E-state index contributed by atoms with van der Waals surface area (Å²) in [6.07, 6.45) is 1.52. The van der Waals surface area contributed by atoms with Crippen molar-refractivity contribution in [3.05, 3.63) is 58.4 Å². The molecule has 0 saturated heterocycles. The minimum atomic E-state index is -0.992. The highest BCUT2D eigenvalue weighted by Gasteiger charge is 2.13. The number of benzene rings is 1. The molecule has 0 spiro atoms. The lowest BCUT2D eigenvalue weighted by molar-refractivity contribution is 0.0996. The first-order valence-corrected chi connectivity index (χ1v) is 5.98. The van der Waals surface area contributed by atoms with E-state index in [-0.39, 0.29) is 17.8 Å². The Labute approximate surface area is 118 Å². The van der Waals surface area contributed by atoms with E-state index in [1.54, 1.807) is 12.1 Å². The zero-order chi connectivity index (χ0) is 14.7. The number of rotatable bonds is 4. The zero-order valence-corrected chi connectivity index (χ0v) is 10.9. The number of nitrogens with zero attached hydrogens (tertiary/aromatic N) is 1. The molecular weight excluding hydrogens is 288 g/mol. The van der Waals surface area contributed by atoms with Gasteiger partial charge in [0.15, 0.2) is 0 Å². The summed E-state index contributed by atoms with van der Waals surface area (Å²) in [5.74, 6) is -2.76.